The molecule has 9 nitrogen and oxygen atoms in total. The van der Waals surface area contributed by atoms with Crippen LogP contribution < -0.4 is 21.7 Å². The van der Waals surface area contributed by atoms with Gasteiger partial charge in [0.05, 0.1) is 18.7 Å². The zero-order valence-corrected chi connectivity index (χ0v) is 24.9. The zero-order chi connectivity index (χ0) is 30.0. The molecule has 42 heavy (non-hydrogen) atoms. The average molecular weight is 619 g/mol. The van der Waals surface area contributed by atoms with Crippen molar-refractivity contribution < 1.29 is 23.5 Å². The second kappa shape index (κ2) is 10.4. The van der Waals surface area contributed by atoms with Crippen LogP contribution in [0.2, 0.25) is 10.2 Å². The van der Waals surface area contributed by atoms with E-state index in [1.165, 1.54) is 12.3 Å². The van der Waals surface area contributed by atoms with Gasteiger partial charge >= 0.3 is 0 Å². The molecule has 2 spiro atoms. The Balaban J connectivity index is 1.49. The lowest BCUT2D eigenvalue weighted by Gasteiger charge is -2.50. The highest BCUT2D eigenvalue weighted by atomic mass is 35.5. The minimum absolute atomic E-state index is 0.0312. The Bertz CT molecular complexity index is 1450. The number of benzene rings is 1. The van der Waals surface area contributed by atoms with Gasteiger partial charge < -0.3 is 21.1 Å². The summed E-state index contributed by atoms with van der Waals surface area (Å²) in [5.74, 6) is -2.99. The molecule has 3 aliphatic heterocycles. The van der Waals surface area contributed by atoms with Crippen LogP contribution in [0.5, 0.6) is 0 Å². The van der Waals surface area contributed by atoms with Gasteiger partial charge in [-0.1, -0.05) is 43.1 Å². The van der Waals surface area contributed by atoms with Gasteiger partial charge in [0.1, 0.15) is 11.5 Å². The van der Waals surface area contributed by atoms with E-state index in [9.17, 15) is 14.4 Å². The number of anilines is 1. The number of hydrogen-bond donors (Lipinski definition) is 4. The Morgan fingerprint density at radius 2 is 1.88 bits per heavy atom. The highest BCUT2D eigenvalue weighted by molar-refractivity contribution is 6.31. The number of fused-ring (bicyclic) bond motifs is 3. The van der Waals surface area contributed by atoms with Crippen LogP contribution in [0.25, 0.3) is 0 Å². The molecule has 12 heteroatoms. The summed E-state index contributed by atoms with van der Waals surface area (Å²) >= 11 is 12.5. The quantitative estimate of drug-likeness (QED) is 0.384. The van der Waals surface area contributed by atoms with Crippen LogP contribution in [0.4, 0.5) is 10.1 Å². The third-order valence-electron chi connectivity index (χ3n) is 9.89. The summed E-state index contributed by atoms with van der Waals surface area (Å²) in [5, 5.41) is 9.81. The number of aromatic nitrogens is 1. The molecule has 1 aromatic heterocycles. The Kier molecular flexibility index (Phi) is 7.28. The van der Waals surface area contributed by atoms with Crippen LogP contribution in [0.3, 0.4) is 0 Å². The van der Waals surface area contributed by atoms with E-state index in [-0.39, 0.29) is 34.7 Å². The van der Waals surface area contributed by atoms with E-state index >= 15 is 4.39 Å². The number of nitrogens with two attached hydrogens (primary N) is 1. The van der Waals surface area contributed by atoms with Gasteiger partial charge in [-0.25, -0.2) is 9.37 Å². The first-order valence-electron chi connectivity index (χ1n) is 14.3. The van der Waals surface area contributed by atoms with Gasteiger partial charge in [0.15, 0.2) is 11.0 Å². The minimum atomic E-state index is -1.35. The van der Waals surface area contributed by atoms with Gasteiger partial charge in [-0.15, -0.1) is 0 Å². The van der Waals surface area contributed by atoms with E-state index in [0.29, 0.717) is 42.0 Å². The summed E-state index contributed by atoms with van der Waals surface area (Å²) in [6.07, 6.45) is 4.31. The number of hydrogen-bond acceptors (Lipinski definition) is 6. The van der Waals surface area contributed by atoms with Crippen LogP contribution in [-0.4, -0.2) is 53.0 Å². The molecule has 1 aromatic carbocycles. The van der Waals surface area contributed by atoms with Gasteiger partial charge in [0.2, 0.25) is 17.7 Å². The summed E-state index contributed by atoms with van der Waals surface area (Å²) in [6.45, 7) is 4.49. The summed E-state index contributed by atoms with van der Waals surface area (Å²) in [7, 11) is 0. The van der Waals surface area contributed by atoms with Crippen molar-refractivity contribution in [2.45, 2.75) is 87.4 Å². The van der Waals surface area contributed by atoms with Crippen molar-refractivity contribution in [3.05, 3.63) is 57.6 Å². The van der Waals surface area contributed by atoms with E-state index < -0.39 is 46.6 Å². The summed E-state index contributed by atoms with van der Waals surface area (Å²) < 4.78 is 21.6. The lowest BCUT2D eigenvalue weighted by molar-refractivity contribution is -0.134. The molecule has 1 aliphatic carbocycles. The molecule has 0 bridgehead atoms. The van der Waals surface area contributed by atoms with Crippen LogP contribution in [0, 0.1) is 11.2 Å². The molecule has 4 aliphatic rings. The van der Waals surface area contributed by atoms with Crippen LogP contribution in [0.15, 0.2) is 30.5 Å². The summed E-state index contributed by atoms with van der Waals surface area (Å²) in [5.41, 5.74) is 4.54. The van der Waals surface area contributed by atoms with Crippen molar-refractivity contribution in [2.24, 2.45) is 11.1 Å². The maximum atomic E-state index is 16.0. The molecule has 1 unspecified atom stereocenters. The van der Waals surface area contributed by atoms with Crippen molar-refractivity contribution in [1.29, 1.82) is 0 Å². The average Bonchev–Trinajstić information content (AvgIpc) is 3.40. The summed E-state index contributed by atoms with van der Waals surface area (Å²) in [6, 6.07) is 5.34. The number of nitrogens with one attached hydrogen (secondary N) is 3. The van der Waals surface area contributed by atoms with Crippen molar-refractivity contribution in [3.8, 4) is 0 Å². The van der Waals surface area contributed by atoms with E-state index in [2.05, 4.69) is 34.8 Å². The molecule has 1 saturated carbocycles. The van der Waals surface area contributed by atoms with Gasteiger partial charge in [0, 0.05) is 28.4 Å². The van der Waals surface area contributed by atoms with E-state index in [4.69, 9.17) is 33.7 Å². The molecule has 2 aromatic rings. The Hall–Kier alpha value is -2.79. The minimum Gasteiger partial charge on any atom is -0.367 e. The molecule has 3 amide bonds. The second-order valence-electron chi connectivity index (χ2n) is 12.8. The molecule has 0 radical (unpaired) electrons. The molecular formula is C30H34Cl2FN5O4. The van der Waals surface area contributed by atoms with Crippen LogP contribution in [-0.2, 0) is 24.5 Å². The highest BCUT2D eigenvalue weighted by Crippen LogP contribution is 2.64. The number of amides is 3. The van der Waals surface area contributed by atoms with Crippen molar-refractivity contribution in [3.63, 3.8) is 0 Å². The third-order valence-corrected chi connectivity index (χ3v) is 10.4. The zero-order valence-electron chi connectivity index (χ0n) is 23.4. The Morgan fingerprint density at radius 1 is 1.14 bits per heavy atom. The van der Waals surface area contributed by atoms with Gasteiger partial charge in [-0.05, 0) is 73.3 Å². The molecule has 5 N–H and O–H groups in total. The predicted octanol–water partition coefficient (Wildman–Crippen LogP) is 3.96. The molecule has 5 atom stereocenters. The number of carbonyl (C=O) groups is 3. The molecular weight excluding hydrogens is 584 g/mol. The molecule has 224 valence electrons. The first kappa shape index (κ1) is 29.3. The fraction of sp³-hybridized carbons (Fsp3) is 0.533. The fourth-order valence-corrected chi connectivity index (χ4v) is 8.05. The molecule has 4 heterocycles. The van der Waals surface area contributed by atoms with Crippen molar-refractivity contribution in [2.75, 3.05) is 11.9 Å². The summed E-state index contributed by atoms with van der Waals surface area (Å²) in [4.78, 5) is 44.2. The smallest absolute Gasteiger partial charge is 0.246 e. The van der Waals surface area contributed by atoms with Gasteiger partial charge in [0.25, 0.3) is 0 Å². The van der Waals surface area contributed by atoms with Crippen LogP contribution in [0.1, 0.15) is 69.4 Å². The van der Waals surface area contributed by atoms with E-state index in [0.717, 1.165) is 12.8 Å². The lowest BCUT2D eigenvalue weighted by Crippen LogP contribution is -2.61. The monoisotopic (exact) mass is 617 g/mol. The van der Waals surface area contributed by atoms with Crippen molar-refractivity contribution in [1.82, 2.24) is 15.6 Å². The number of carbonyl (C=O) groups excluding carboxylic acids is 3. The predicted molar refractivity (Wildman–Crippen MR) is 156 cm³/mol. The maximum absolute atomic E-state index is 16.0. The van der Waals surface area contributed by atoms with E-state index in [1.54, 1.807) is 12.1 Å². The normalized spacial score (nSPS) is 31.1. The molecule has 2 saturated heterocycles. The van der Waals surface area contributed by atoms with E-state index in [1.807, 2.05) is 6.07 Å². The highest BCUT2D eigenvalue weighted by Gasteiger charge is 2.73. The SMILES string of the molecule is CC1(C)CCC2(CC1)N[C@@H](C(=O)N[C@@H]1CC[C@@H](C(N)=O)OC1)[C@H](c1ccnc(Cl)c1F)C21C(=O)Nc2cc(Cl)ccc21. The maximum Gasteiger partial charge on any atom is 0.246 e. The first-order chi connectivity index (χ1) is 19.9. The largest absolute Gasteiger partial charge is 0.367 e. The number of pyridine rings is 1. The van der Waals surface area contributed by atoms with Gasteiger partial charge in [-0.3, -0.25) is 19.7 Å². The third kappa shape index (κ3) is 4.49. The Morgan fingerprint density at radius 3 is 2.55 bits per heavy atom. The van der Waals surface area contributed by atoms with Crippen LogP contribution >= 0.6 is 23.2 Å². The fourth-order valence-electron chi connectivity index (χ4n) is 7.71. The molecule has 3 fully saturated rings. The van der Waals surface area contributed by atoms with Crippen molar-refractivity contribution >= 4 is 46.6 Å². The number of ether oxygens (including phenoxy) is 1. The first-order valence-corrected chi connectivity index (χ1v) is 15.0. The second-order valence-corrected chi connectivity index (χ2v) is 13.6. The Labute approximate surface area is 253 Å². The lowest BCUT2D eigenvalue weighted by atomic mass is 9.53. The standard InChI is InChI=1S/C30H34Cl2FN5O4/c1-28(2)8-10-29(11-9-28)30(18-5-3-15(31)13-19(18)37-27(30)41)21(17-7-12-35-24(32)22(17)33)23(38-29)26(40)36-16-4-6-20(25(34)39)42-14-16/h3,5,7,12-13,16,20-21,23,38H,4,6,8-11,14H2,1-2H3,(H2,34,39)(H,36,40)(H,37,41)/t16-,20+,21+,23-,30?/m1/s1. The number of nitrogens with zero attached hydrogens (tertiary/aromatic N) is 1. The number of primary amides is 1. The topological polar surface area (TPSA) is 135 Å². The number of rotatable bonds is 4. The van der Waals surface area contributed by atoms with Gasteiger partial charge in [-0.2, -0.15) is 0 Å². The number of halogens is 3. The molecule has 6 rings (SSSR count).